The van der Waals surface area contributed by atoms with Gasteiger partial charge in [-0.15, -0.1) is 0 Å². The van der Waals surface area contributed by atoms with Gasteiger partial charge in [-0.3, -0.25) is 0 Å². The van der Waals surface area contributed by atoms with Crippen LogP contribution in [0.25, 0.3) is 0 Å². The molecular formula is H18Al3FNa3O3PSiSr3. The topological polar surface area (TPSA) is 63.2 Å². The zero-order chi connectivity index (χ0) is 3.58. The second-order valence-electron chi connectivity index (χ2n) is 0.250. The summed E-state index contributed by atoms with van der Waals surface area (Å²) < 4.78 is 8.52. The van der Waals surface area contributed by atoms with Gasteiger partial charge in [0.25, 0.3) is 0 Å². The smallest absolute Gasteiger partial charge is 1.00 e. The molecule has 0 saturated carbocycles. The maximum absolute atomic E-state index is 8.52. The fraction of sp³-hybridized carbons (Fsp3) is 0. The van der Waals surface area contributed by atoms with Crippen LogP contribution < -0.4 is 103 Å². The quantitative estimate of drug-likeness (QED) is 0.220. The van der Waals surface area contributed by atoms with Gasteiger partial charge in [0, 0.05) is 9.17 Å². The van der Waals surface area contributed by atoms with Crippen LogP contribution in [0.15, 0.2) is 0 Å². The van der Waals surface area contributed by atoms with Gasteiger partial charge in [-0.05, 0) is 0 Å². The number of hydrogen-bond donors (Lipinski definition) is 0. The molecule has 0 saturated heterocycles. The van der Waals surface area contributed by atoms with E-state index in [2.05, 4.69) is 0 Å². The number of rotatable bonds is 0. The first-order valence-electron chi connectivity index (χ1n) is 0.612. The molecule has 0 aliphatic rings. The van der Waals surface area contributed by atoms with Crippen molar-refractivity contribution in [1.29, 1.82) is 0 Å². The molecule has 0 rings (SSSR count). The van der Waals surface area contributed by atoms with Crippen LogP contribution in [0.1, 0.15) is 8.56 Å². The molecule has 0 aliphatic heterocycles. The average molecular weight is 557 g/mol. The molecule has 1 unspecified atom stereocenters. The van der Waals surface area contributed by atoms with Gasteiger partial charge in [0.05, 0.1) is 0 Å². The van der Waals surface area contributed by atoms with Crippen LogP contribution in [0, 0.1) is 0 Å². The van der Waals surface area contributed by atoms with Gasteiger partial charge in [0.2, 0.25) is 0 Å². The molecule has 3 nitrogen and oxygen atoms in total. The number of halogens is 1. The Balaban J connectivity index is -0.000000000331. The van der Waals surface area contributed by atoms with Gasteiger partial charge in [-0.1, -0.05) is 0 Å². The second kappa shape index (κ2) is 77.3. The van der Waals surface area contributed by atoms with E-state index < -0.39 is 9.17 Å². The van der Waals surface area contributed by atoms with Crippen molar-refractivity contribution in [3.63, 3.8) is 0 Å². The molecule has 0 amide bonds. The summed E-state index contributed by atoms with van der Waals surface area (Å²) >= 11 is 0. The van der Waals surface area contributed by atoms with E-state index in [0.717, 1.165) is 0 Å². The van der Waals surface area contributed by atoms with E-state index in [-0.39, 0.29) is 300 Å². The Morgan fingerprint density at radius 2 is 0.800 bits per heavy atom. The van der Waals surface area contributed by atoms with Crippen molar-refractivity contribution >= 4 is 208 Å². The largest absolute Gasteiger partial charge is 2.00 e. The monoisotopic (exact) mass is 558 g/mol. The van der Waals surface area contributed by atoms with E-state index in [1.807, 2.05) is 0 Å². The first-order chi connectivity index (χ1) is 1.73. The van der Waals surface area contributed by atoms with E-state index in [4.69, 9.17) is 14.1 Å². The minimum Gasteiger partial charge on any atom is -1.00 e. The van der Waals surface area contributed by atoms with E-state index in [0.29, 0.717) is 0 Å². The van der Waals surface area contributed by atoms with Crippen molar-refractivity contribution in [2.24, 2.45) is 0 Å². The van der Waals surface area contributed by atoms with E-state index in [1.165, 1.54) is 0 Å². The minimum absolute atomic E-state index is 0. The van der Waals surface area contributed by atoms with E-state index in [9.17, 15) is 0 Å². The van der Waals surface area contributed by atoms with Crippen molar-refractivity contribution in [2.75, 3.05) is 0 Å². The fourth-order valence-electron chi connectivity index (χ4n) is 0. The normalized spacial score (nSPS) is 1.60. The Morgan fingerprint density at radius 3 is 0.800 bits per heavy atom. The molecule has 0 aromatic carbocycles. The van der Waals surface area contributed by atoms with Crippen LogP contribution in [-0.2, 0) is 4.46 Å². The summed E-state index contributed by atoms with van der Waals surface area (Å²) in [5.74, 6) is 0. The first kappa shape index (κ1) is 88.1. The number of hydrogen-bond acceptors (Lipinski definition) is 3. The van der Waals surface area contributed by atoms with Crippen LogP contribution in [0.4, 0.5) is 0 Å². The molecule has 0 fully saturated rings. The summed E-state index contributed by atoms with van der Waals surface area (Å²) in [5.41, 5.74) is 0. The third-order valence-electron chi connectivity index (χ3n) is 0. The molecule has 0 radical (unpaired) electrons. The molecule has 0 aromatic heterocycles. The molecular weight excluding hydrogens is 539 g/mol. The average Bonchev–Trinajstić information content (AvgIpc) is 0.811. The molecule has 15 heteroatoms. The molecule has 0 spiro atoms. The zero-order valence-corrected chi connectivity index (χ0v) is 26.8. The van der Waals surface area contributed by atoms with Gasteiger partial charge in [-0.2, -0.15) is 9.90 Å². The van der Waals surface area contributed by atoms with Crippen molar-refractivity contribution in [2.45, 2.75) is 0 Å². The minimum atomic E-state index is -3.63. The predicted octanol–water partition coefficient (Wildman–Crippen LogP) is -18.8. The summed E-state index contributed by atoms with van der Waals surface area (Å²) in [6, 6.07) is 0. The maximum Gasteiger partial charge on any atom is 2.00 e. The second-order valence-corrected chi connectivity index (χ2v) is 0.750. The molecule has 1 atom stereocenters. The summed E-state index contributed by atoms with van der Waals surface area (Å²) in [6.07, 6.45) is 0. The molecule has 0 heterocycles. The fourth-order valence-corrected chi connectivity index (χ4v) is 0. The van der Waals surface area contributed by atoms with Crippen LogP contribution in [0.2, 0.25) is 0 Å². The summed E-state index contributed by atoms with van der Waals surface area (Å²) in [5, 5.41) is 0. The predicted molar refractivity (Wildman–Crippen MR) is 71.3 cm³/mol. The van der Waals surface area contributed by atoms with Gasteiger partial charge < -0.3 is 27.3 Å². The Bertz CT molecular complexity index is 80.7. The molecule has 70 valence electrons. The van der Waals surface area contributed by atoms with Crippen molar-refractivity contribution in [1.82, 2.24) is 0 Å². The van der Waals surface area contributed by atoms with Crippen LogP contribution >= 0.6 is 9.90 Å². The van der Waals surface area contributed by atoms with Crippen LogP contribution in [0.5, 0.6) is 0 Å². The first-order valence-corrected chi connectivity index (χ1v) is 1.84. The van der Waals surface area contributed by atoms with Gasteiger partial charge >= 0.3 is 225 Å². The standard InChI is InChI=1S/3Al.FH.3Na.O3Si.H3P.3Sr.15H/c;;;;;;;1-4(2)3;;;;;;;;;;;;;;;;;;;/h;;;1H;;;;;1H3;;;;;;;;;;;;;;;;;;/q;;;;3*+1;-2;;3*+2;;;;;;;;;;6*-1/p-1. The molecule has 0 bridgehead atoms. The molecule has 0 aliphatic carbocycles. The summed E-state index contributed by atoms with van der Waals surface area (Å²) in [6.45, 7) is 0. The summed E-state index contributed by atoms with van der Waals surface area (Å²) in [4.78, 5) is 17.0. The Kier molecular flexibility index (Phi) is 454. The third kappa shape index (κ3) is 125. The van der Waals surface area contributed by atoms with E-state index in [1.54, 1.807) is 0 Å². The Labute approximate surface area is 314 Å². The van der Waals surface area contributed by atoms with Gasteiger partial charge in [-0.25, -0.2) is 0 Å². The van der Waals surface area contributed by atoms with Crippen LogP contribution in [-0.4, -0.2) is 198 Å². The Morgan fingerprint density at radius 1 is 0.800 bits per heavy atom. The SMILES string of the molecule is O=[Si]([O-])[O-].P.[AlH3].[AlH3].[AlH3].[F-].[H-].[H-].[H-].[H-].[H-].[H-].[Na+].[Na+].[Na+].[Sr+2].[Sr+2].[Sr+2]. The Hall–Kier alpha value is 9.02. The third-order valence-corrected chi connectivity index (χ3v) is 0. The molecule has 0 N–H and O–H groups in total. The molecule has 0 aromatic rings. The van der Waals surface area contributed by atoms with Crippen molar-refractivity contribution in [3.8, 4) is 0 Å². The maximum atomic E-state index is 8.52. The van der Waals surface area contributed by atoms with Gasteiger partial charge in [0.15, 0.2) is 52.1 Å². The zero-order valence-electron chi connectivity index (χ0n) is 13.9. The van der Waals surface area contributed by atoms with Crippen LogP contribution in [0.3, 0.4) is 0 Å². The molecule has 15 heavy (non-hydrogen) atoms. The van der Waals surface area contributed by atoms with Crippen molar-refractivity contribution in [3.05, 3.63) is 0 Å². The summed E-state index contributed by atoms with van der Waals surface area (Å²) in [7, 11) is -3.63. The van der Waals surface area contributed by atoms with Crippen molar-refractivity contribution < 1.29 is 116 Å². The van der Waals surface area contributed by atoms with Gasteiger partial charge in [0.1, 0.15) is 0 Å². The van der Waals surface area contributed by atoms with E-state index >= 15 is 0 Å².